The van der Waals surface area contributed by atoms with E-state index < -0.39 is 9.84 Å². The molecule has 23 heavy (non-hydrogen) atoms. The third-order valence-electron chi connectivity index (χ3n) is 4.19. The van der Waals surface area contributed by atoms with Gasteiger partial charge >= 0.3 is 0 Å². The maximum atomic E-state index is 12.4. The average molecular weight is 336 g/mol. The number of hydrogen-bond acceptors (Lipinski definition) is 5. The molecule has 0 bridgehead atoms. The Balaban J connectivity index is 1.80. The number of pyridine rings is 1. The molecule has 0 saturated heterocycles. The zero-order valence-corrected chi connectivity index (χ0v) is 13.9. The molecule has 1 aliphatic carbocycles. The first kappa shape index (κ1) is 16.0. The van der Waals surface area contributed by atoms with Gasteiger partial charge in [0.25, 0.3) is 5.56 Å². The number of rotatable bonds is 4. The second-order valence-corrected chi connectivity index (χ2v) is 8.17. The largest absolute Gasteiger partial charge is 0.361 e. The summed E-state index contributed by atoms with van der Waals surface area (Å²) in [6, 6.07) is 3.02. The third kappa shape index (κ3) is 3.72. The topological polar surface area (TPSA) is 82.2 Å². The molecule has 0 spiro atoms. The monoisotopic (exact) mass is 336 g/mol. The van der Waals surface area contributed by atoms with Crippen molar-refractivity contribution in [2.45, 2.75) is 43.6 Å². The molecule has 0 fully saturated rings. The summed E-state index contributed by atoms with van der Waals surface area (Å²) in [7, 11) is -1.77. The summed E-state index contributed by atoms with van der Waals surface area (Å²) >= 11 is 0. The molecule has 3 rings (SSSR count). The second-order valence-electron chi connectivity index (χ2n) is 6.11. The van der Waals surface area contributed by atoms with Crippen molar-refractivity contribution >= 4 is 9.84 Å². The molecule has 0 aliphatic heterocycles. The van der Waals surface area contributed by atoms with Crippen LogP contribution in [0.3, 0.4) is 0 Å². The van der Waals surface area contributed by atoms with Gasteiger partial charge in [0.1, 0.15) is 11.5 Å². The number of fused-ring (bicyclic) bond motifs is 1. The van der Waals surface area contributed by atoms with Crippen LogP contribution in [0, 0.1) is 0 Å². The van der Waals surface area contributed by atoms with Crippen LogP contribution >= 0.6 is 0 Å². The first-order valence-electron chi connectivity index (χ1n) is 7.77. The van der Waals surface area contributed by atoms with Crippen LogP contribution in [0.1, 0.15) is 41.8 Å². The van der Waals surface area contributed by atoms with Crippen molar-refractivity contribution in [3.05, 3.63) is 51.3 Å². The van der Waals surface area contributed by atoms with E-state index in [0.717, 1.165) is 43.4 Å². The molecule has 0 saturated carbocycles. The van der Waals surface area contributed by atoms with Crippen molar-refractivity contribution in [2.75, 3.05) is 0 Å². The van der Waals surface area contributed by atoms with Gasteiger partial charge in [-0.25, -0.2) is 8.42 Å². The van der Waals surface area contributed by atoms with Crippen LogP contribution in [0.4, 0.5) is 0 Å². The molecule has 7 heteroatoms. The number of aromatic nitrogens is 2. The molecule has 0 amide bonds. The minimum absolute atomic E-state index is 0.138. The van der Waals surface area contributed by atoms with Crippen LogP contribution in [-0.2, 0) is 41.2 Å². The molecule has 0 N–H and O–H groups in total. The molecular weight excluding hydrogens is 316 g/mol. The highest BCUT2D eigenvalue weighted by atomic mass is 32.2. The molecule has 1 aliphatic rings. The fourth-order valence-corrected chi connectivity index (χ4v) is 4.36. The Labute approximate surface area is 135 Å². The van der Waals surface area contributed by atoms with Crippen molar-refractivity contribution in [3.63, 3.8) is 0 Å². The van der Waals surface area contributed by atoms with E-state index in [2.05, 4.69) is 5.16 Å². The van der Waals surface area contributed by atoms with Crippen LogP contribution in [0.2, 0.25) is 0 Å². The number of nitrogens with zero attached hydrogens (tertiary/aromatic N) is 2. The molecule has 6 nitrogen and oxygen atoms in total. The Kier molecular flexibility index (Phi) is 4.39. The average Bonchev–Trinajstić information content (AvgIpc) is 2.71. The highest BCUT2D eigenvalue weighted by Gasteiger charge is 2.23. The normalized spacial score (nSPS) is 15.2. The molecule has 0 atom stereocenters. The molecule has 2 aromatic heterocycles. The lowest BCUT2D eigenvalue weighted by Gasteiger charge is -2.05. The van der Waals surface area contributed by atoms with Gasteiger partial charge in [-0.05, 0) is 30.9 Å². The Morgan fingerprint density at radius 2 is 2.00 bits per heavy atom. The van der Waals surface area contributed by atoms with Crippen molar-refractivity contribution in [2.24, 2.45) is 7.05 Å². The van der Waals surface area contributed by atoms with Crippen LogP contribution in [0.15, 0.2) is 27.6 Å². The number of hydrogen-bond donors (Lipinski definition) is 0. The van der Waals surface area contributed by atoms with Crippen LogP contribution in [0.5, 0.6) is 0 Å². The Bertz CT molecular complexity index is 864. The summed E-state index contributed by atoms with van der Waals surface area (Å²) in [4.78, 5) is 11.6. The predicted octanol–water partition coefficient (Wildman–Crippen LogP) is 1.76. The van der Waals surface area contributed by atoms with E-state index in [4.69, 9.17) is 4.52 Å². The highest BCUT2D eigenvalue weighted by Crippen LogP contribution is 2.25. The van der Waals surface area contributed by atoms with Gasteiger partial charge in [0, 0.05) is 31.3 Å². The van der Waals surface area contributed by atoms with Crippen molar-refractivity contribution < 1.29 is 12.9 Å². The molecule has 0 radical (unpaired) electrons. The molecular formula is C16H20N2O4S. The molecule has 2 heterocycles. The summed E-state index contributed by atoms with van der Waals surface area (Å²) in [5.41, 5.74) is 1.79. The molecule has 0 aromatic carbocycles. The van der Waals surface area contributed by atoms with Gasteiger partial charge in [-0.15, -0.1) is 0 Å². The SMILES string of the molecule is Cn1ccc(CS(=O)(=O)Cc2noc3c2CCCCC3)cc1=O. The van der Waals surface area contributed by atoms with Gasteiger partial charge in [0.15, 0.2) is 9.84 Å². The maximum Gasteiger partial charge on any atom is 0.250 e. The number of sulfone groups is 1. The van der Waals surface area contributed by atoms with Gasteiger partial charge in [-0.2, -0.15) is 0 Å². The molecule has 2 aromatic rings. The summed E-state index contributed by atoms with van der Waals surface area (Å²) in [5.74, 6) is 0.535. The summed E-state index contributed by atoms with van der Waals surface area (Å²) < 4.78 is 31.6. The first-order chi connectivity index (χ1) is 10.9. The molecule has 124 valence electrons. The van der Waals surface area contributed by atoms with Crippen molar-refractivity contribution in [1.82, 2.24) is 9.72 Å². The van der Waals surface area contributed by atoms with E-state index in [1.54, 1.807) is 19.3 Å². The zero-order valence-electron chi connectivity index (χ0n) is 13.1. The van der Waals surface area contributed by atoms with Gasteiger partial charge < -0.3 is 9.09 Å². The Hall–Kier alpha value is -1.89. The number of aryl methyl sites for hydroxylation is 2. The first-order valence-corrected chi connectivity index (χ1v) is 9.59. The van der Waals surface area contributed by atoms with E-state index >= 15 is 0 Å². The van der Waals surface area contributed by atoms with E-state index in [9.17, 15) is 13.2 Å². The van der Waals surface area contributed by atoms with Crippen molar-refractivity contribution in [1.29, 1.82) is 0 Å². The lowest BCUT2D eigenvalue weighted by Crippen LogP contribution is -2.17. The van der Waals surface area contributed by atoms with Crippen LogP contribution < -0.4 is 5.56 Å². The van der Waals surface area contributed by atoms with E-state index in [1.165, 1.54) is 10.6 Å². The fraction of sp³-hybridized carbons (Fsp3) is 0.500. The predicted molar refractivity (Wildman–Crippen MR) is 85.8 cm³/mol. The van der Waals surface area contributed by atoms with Crippen LogP contribution in [0.25, 0.3) is 0 Å². The van der Waals surface area contributed by atoms with Gasteiger partial charge in [-0.3, -0.25) is 4.79 Å². The highest BCUT2D eigenvalue weighted by molar-refractivity contribution is 7.89. The Morgan fingerprint density at radius 1 is 1.22 bits per heavy atom. The summed E-state index contributed by atoms with van der Waals surface area (Å²) in [6.45, 7) is 0. The van der Waals surface area contributed by atoms with Gasteiger partial charge in [-0.1, -0.05) is 11.6 Å². The Morgan fingerprint density at radius 3 is 2.78 bits per heavy atom. The molecule has 0 unspecified atom stereocenters. The standard InChI is InChI=1S/C16H20N2O4S/c1-18-8-7-12(9-16(18)19)10-23(20,21)11-14-13-5-3-2-4-6-15(13)22-17-14/h7-9H,2-6,10-11H2,1H3. The van der Waals surface area contributed by atoms with Gasteiger partial charge in [0.2, 0.25) is 0 Å². The maximum absolute atomic E-state index is 12.4. The van der Waals surface area contributed by atoms with Crippen LogP contribution in [-0.4, -0.2) is 18.1 Å². The summed E-state index contributed by atoms with van der Waals surface area (Å²) in [5, 5.41) is 3.98. The zero-order chi connectivity index (χ0) is 16.4. The lowest BCUT2D eigenvalue weighted by molar-refractivity contribution is 0.376. The second kappa shape index (κ2) is 6.31. The lowest BCUT2D eigenvalue weighted by atomic mass is 10.1. The van der Waals surface area contributed by atoms with E-state index in [-0.39, 0.29) is 17.1 Å². The van der Waals surface area contributed by atoms with Gasteiger partial charge in [0.05, 0.1) is 11.5 Å². The van der Waals surface area contributed by atoms with E-state index in [1.807, 2.05) is 0 Å². The quantitative estimate of drug-likeness (QED) is 0.795. The third-order valence-corrected chi connectivity index (χ3v) is 5.68. The minimum Gasteiger partial charge on any atom is -0.361 e. The summed E-state index contributed by atoms with van der Waals surface area (Å²) in [6.07, 6.45) is 6.46. The smallest absolute Gasteiger partial charge is 0.250 e. The fourth-order valence-electron chi connectivity index (χ4n) is 2.93. The minimum atomic E-state index is -3.40. The van der Waals surface area contributed by atoms with Crippen molar-refractivity contribution in [3.8, 4) is 0 Å². The van der Waals surface area contributed by atoms with E-state index in [0.29, 0.717) is 11.3 Å².